The minimum absolute atomic E-state index is 0.0695. The molecule has 1 N–H and O–H groups in total. The van der Waals surface area contributed by atoms with Crippen molar-refractivity contribution in [1.29, 1.82) is 0 Å². The van der Waals surface area contributed by atoms with E-state index in [0.717, 1.165) is 18.5 Å². The summed E-state index contributed by atoms with van der Waals surface area (Å²) in [5.74, 6) is 0.0970. The van der Waals surface area contributed by atoms with E-state index in [9.17, 15) is 13.2 Å². The molecule has 7 heteroatoms. The fourth-order valence-electron chi connectivity index (χ4n) is 2.85. The van der Waals surface area contributed by atoms with E-state index in [1.165, 1.54) is 0 Å². The van der Waals surface area contributed by atoms with Crippen LogP contribution in [0.25, 0.3) is 0 Å². The first-order chi connectivity index (χ1) is 10.5. The van der Waals surface area contributed by atoms with E-state index in [1.54, 1.807) is 23.4 Å². The highest BCUT2D eigenvalue weighted by Crippen LogP contribution is 2.25. The zero-order chi connectivity index (χ0) is 15.7. The summed E-state index contributed by atoms with van der Waals surface area (Å²) in [4.78, 5) is 18.5. The minimum Gasteiger partial charge on any atom is -0.381 e. The molecule has 2 heterocycles. The summed E-state index contributed by atoms with van der Waals surface area (Å²) in [5, 5.41) is 3.32. The first kappa shape index (κ1) is 15.3. The van der Waals surface area contributed by atoms with E-state index in [1.807, 2.05) is 6.92 Å². The SMILES string of the molecule is CCN(C(=O)c1cncc(NC2CC2)c1)C1CCS(=O)(=O)C1. The molecule has 1 aromatic rings. The normalized spacial score (nSPS) is 23.2. The Kier molecular flexibility index (Phi) is 4.08. The number of hydrogen-bond acceptors (Lipinski definition) is 5. The van der Waals surface area contributed by atoms with Gasteiger partial charge in [0.2, 0.25) is 0 Å². The van der Waals surface area contributed by atoms with Gasteiger partial charge in [0.05, 0.1) is 22.8 Å². The molecule has 1 aliphatic carbocycles. The van der Waals surface area contributed by atoms with Crippen molar-refractivity contribution in [2.24, 2.45) is 0 Å². The van der Waals surface area contributed by atoms with Crippen molar-refractivity contribution in [3.05, 3.63) is 24.0 Å². The number of carbonyl (C=O) groups excluding carboxylic acids is 1. The average molecular weight is 323 g/mol. The Hall–Kier alpha value is -1.63. The van der Waals surface area contributed by atoms with E-state index >= 15 is 0 Å². The van der Waals surface area contributed by atoms with Crippen LogP contribution in [0.5, 0.6) is 0 Å². The molecular weight excluding hydrogens is 302 g/mol. The lowest BCUT2D eigenvalue weighted by atomic mass is 10.1. The maximum Gasteiger partial charge on any atom is 0.255 e. The first-order valence-corrected chi connectivity index (χ1v) is 9.53. The Balaban J connectivity index is 1.76. The van der Waals surface area contributed by atoms with Crippen LogP contribution in [0.15, 0.2) is 18.5 Å². The Bertz CT molecular complexity index is 670. The summed E-state index contributed by atoms with van der Waals surface area (Å²) in [6, 6.07) is 2.08. The van der Waals surface area contributed by atoms with Crippen LogP contribution < -0.4 is 5.32 Å². The van der Waals surface area contributed by atoms with Gasteiger partial charge in [0.25, 0.3) is 5.91 Å². The van der Waals surface area contributed by atoms with Gasteiger partial charge in [-0.25, -0.2) is 8.42 Å². The van der Waals surface area contributed by atoms with Crippen molar-refractivity contribution in [1.82, 2.24) is 9.88 Å². The van der Waals surface area contributed by atoms with Crippen LogP contribution >= 0.6 is 0 Å². The van der Waals surface area contributed by atoms with Crippen molar-refractivity contribution in [2.45, 2.75) is 38.3 Å². The number of rotatable bonds is 5. The zero-order valence-electron chi connectivity index (χ0n) is 12.7. The van der Waals surface area contributed by atoms with E-state index in [2.05, 4.69) is 10.3 Å². The summed E-state index contributed by atoms with van der Waals surface area (Å²) in [6.45, 7) is 2.38. The molecule has 1 amide bonds. The van der Waals surface area contributed by atoms with Gasteiger partial charge in [0.15, 0.2) is 9.84 Å². The molecule has 0 bridgehead atoms. The quantitative estimate of drug-likeness (QED) is 0.884. The second-order valence-electron chi connectivity index (χ2n) is 6.03. The van der Waals surface area contributed by atoms with Gasteiger partial charge in [-0.15, -0.1) is 0 Å². The molecule has 6 nitrogen and oxygen atoms in total. The third-order valence-corrected chi connectivity index (χ3v) is 5.93. The smallest absolute Gasteiger partial charge is 0.255 e. The van der Waals surface area contributed by atoms with Gasteiger partial charge in [-0.2, -0.15) is 0 Å². The van der Waals surface area contributed by atoms with Gasteiger partial charge in [0, 0.05) is 31.0 Å². The number of nitrogens with zero attached hydrogens (tertiary/aromatic N) is 2. The number of amides is 1. The Morgan fingerprint density at radius 3 is 2.73 bits per heavy atom. The highest BCUT2D eigenvalue weighted by molar-refractivity contribution is 7.91. The molecule has 0 aromatic carbocycles. The van der Waals surface area contributed by atoms with E-state index in [-0.39, 0.29) is 23.5 Å². The van der Waals surface area contributed by atoms with E-state index in [0.29, 0.717) is 24.6 Å². The number of aromatic nitrogens is 1. The molecule has 3 rings (SSSR count). The molecule has 120 valence electrons. The summed E-state index contributed by atoms with van der Waals surface area (Å²) < 4.78 is 23.3. The molecule has 1 atom stereocenters. The molecule has 2 aliphatic rings. The fraction of sp³-hybridized carbons (Fsp3) is 0.600. The first-order valence-electron chi connectivity index (χ1n) is 7.71. The molecule has 1 aromatic heterocycles. The Morgan fingerprint density at radius 2 is 2.14 bits per heavy atom. The van der Waals surface area contributed by atoms with Crippen molar-refractivity contribution in [3.63, 3.8) is 0 Å². The third kappa shape index (κ3) is 3.40. The van der Waals surface area contributed by atoms with Gasteiger partial charge in [-0.1, -0.05) is 0 Å². The van der Waals surface area contributed by atoms with Crippen molar-refractivity contribution in [2.75, 3.05) is 23.4 Å². The Morgan fingerprint density at radius 1 is 1.36 bits per heavy atom. The molecule has 2 fully saturated rings. The minimum atomic E-state index is -3.00. The van der Waals surface area contributed by atoms with Crippen molar-refractivity contribution < 1.29 is 13.2 Å². The molecule has 0 spiro atoms. The molecule has 1 saturated heterocycles. The summed E-state index contributed by atoms with van der Waals surface area (Å²) >= 11 is 0. The number of pyridine rings is 1. The van der Waals surface area contributed by atoms with Gasteiger partial charge >= 0.3 is 0 Å². The maximum atomic E-state index is 12.7. The van der Waals surface area contributed by atoms with Crippen LogP contribution in [-0.4, -0.2) is 54.3 Å². The maximum absolute atomic E-state index is 12.7. The number of sulfone groups is 1. The predicted molar refractivity (Wildman–Crippen MR) is 84.7 cm³/mol. The lowest BCUT2D eigenvalue weighted by Gasteiger charge is -2.27. The highest BCUT2D eigenvalue weighted by Gasteiger charge is 2.34. The van der Waals surface area contributed by atoms with E-state index < -0.39 is 9.84 Å². The molecule has 1 unspecified atom stereocenters. The second-order valence-corrected chi connectivity index (χ2v) is 8.26. The van der Waals surface area contributed by atoms with Crippen LogP contribution in [0.4, 0.5) is 5.69 Å². The molecule has 0 radical (unpaired) electrons. The molecular formula is C15H21N3O3S. The third-order valence-electron chi connectivity index (χ3n) is 4.18. The monoisotopic (exact) mass is 323 g/mol. The number of carbonyl (C=O) groups is 1. The van der Waals surface area contributed by atoms with Gasteiger partial charge in [-0.05, 0) is 32.3 Å². The summed E-state index contributed by atoms with van der Waals surface area (Å²) in [6.07, 6.45) is 6.09. The summed E-state index contributed by atoms with van der Waals surface area (Å²) in [7, 11) is -3.00. The lowest BCUT2D eigenvalue weighted by molar-refractivity contribution is 0.0708. The van der Waals surface area contributed by atoms with Crippen LogP contribution in [-0.2, 0) is 9.84 Å². The largest absolute Gasteiger partial charge is 0.381 e. The van der Waals surface area contributed by atoms with Crippen molar-refractivity contribution in [3.8, 4) is 0 Å². The predicted octanol–water partition coefficient (Wildman–Crippen LogP) is 1.31. The molecule has 1 aliphatic heterocycles. The van der Waals surface area contributed by atoms with Gasteiger partial charge in [0.1, 0.15) is 0 Å². The standard InChI is InChI=1S/C15H21N3O3S/c1-2-18(14-5-6-22(20,21)10-14)15(19)11-7-13(9-16-8-11)17-12-3-4-12/h7-9,12,14,17H,2-6,10H2,1H3. The van der Waals surface area contributed by atoms with Crippen LogP contribution in [0.3, 0.4) is 0 Å². The van der Waals surface area contributed by atoms with Crippen LogP contribution in [0.1, 0.15) is 36.5 Å². The Labute approximate surface area is 130 Å². The number of hydrogen-bond donors (Lipinski definition) is 1. The summed E-state index contributed by atoms with van der Waals surface area (Å²) in [5.41, 5.74) is 1.36. The molecule has 22 heavy (non-hydrogen) atoms. The number of anilines is 1. The van der Waals surface area contributed by atoms with Gasteiger partial charge < -0.3 is 10.2 Å². The van der Waals surface area contributed by atoms with E-state index in [4.69, 9.17) is 0 Å². The van der Waals surface area contributed by atoms with Crippen LogP contribution in [0.2, 0.25) is 0 Å². The topological polar surface area (TPSA) is 79.4 Å². The van der Waals surface area contributed by atoms with Gasteiger partial charge in [-0.3, -0.25) is 9.78 Å². The highest BCUT2D eigenvalue weighted by atomic mass is 32.2. The average Bonchev–Trinajstić information content (AvgIpc) is 3.22. The zero-order valence-corrected chi connectivity index (χ0v) is 13.5. The second kappa shape index (κ2) is 5.87. The van der Waals surface area contributed by atoms with Crippen LogP contribution in [0, 0.1) is 0 Å². The van der Waals surface area contributed by atoms with Crippen molar-refractivity contribution >= 4 is 21.4 Å². The number of nitrogens with one attached hydrogen (secondary N) is 1. The fourth-order valence-corrected chi connectivity index (χ4v) is 4.58. The molecule has 1 saturated carbocycles. The lowest BCUT2D eigenvalue weighted by Crippen LogP contribution is -2.41.